The number of benzene rings is 2. The van der Waals surface area contributed by atoms with Crippen molar-refractivity contribution in [2.24, 2.45) is 0 Å². The highest BCUT2D eigenvalue weighted by molar-refractivity contribution is 9.10. The summed E-state index contributed by atoms with van der Waals surface area (Å²) in [5, 5.41) is 0. The largest absolute Gasteiger partial charge is 0.402 e. The first-order valence-electron chi connectivity index (χ1n) is 7.59. The van der Waals surface area contributed by atoms with Crippen LogP contribution >= 0.6 is 15.9 Å². The Kier molecular flexibility index (Phi) is 6.81. The van der Waals surface area contributed by atoms with Crippen molar-refractivity contribution in [2.45, 2.75) is 19.1 Å². The number of halogens is 5. The molecular formula is C17H16BrF4NO2S. The van der Waals surface area contributed by atoms with Gasteiger partial charge in [0.25, 0.3) is 0 Å². The van der Waals surface area contributed by atoms with Crippen LogP contribution in [0.5, 0.6) is 0 Å². The molecule has 0 unspecified atom stereocenters. The highest BCUT2D eigenvalue weighted by Crippen LogP contribution is 2.23. The monoisotopic (exact) mass is 453 g/mol. The van der Waals surface area contributed by atoms with Gasteiger partial charge >= 0.3 is 6.18 Å². The number of aryl methyl sites for hydroxylation is 1. The van der Waals surface area contributed by atoms with Gasteiger partial charge < -0.3 is 0 Å². The molecule has 26 heavy (non-hydrogen) atoms. The van der Waals surface area contributed by atoms with Gasteiger partial charge in [-0.15, -0.1) is 0 Å². The third-order valence-electron chi connectivity index (χ3n) is 3.60. The summed E-state index contributed by atoms with van der Waals surface area (Å²) in [6.07, 6.45) is -4.66. The Morgan fingerprint density at radius 3 is 2.27 bits per heavy atom. The first-order valence-corrected chi connectivity index (χ1v) is 9.99. The summed E-state index contributed by atoms with van der Waals surface area (Å²) >= 11 is 3.05. The highest BCUT2D eigenvalue weighted by atomic mass is 79.9. The molecule has 0 spiro atoms. The molecule has 0 aromatic heterocycles. The van der Waals surface area contributed by atoms with Crippen molar-refractivity contribution in [2.75, 3.05) is 12.3 Å². The maximum atomic E-state index is 13.9. The predicted octanol–water partition coefficient (Wildman–Crippen LogP) is 4.53. The molecule has 9 heteroatoms. The molecule has 0 saturated carbocycles. The molecule has 2 rings (SSSR count). The fraction of sp³-hybridized carbons (Fsp3) is 0.294. The molecule has 0 fully saturated rings. The van der Waals surface area contributed by atoms with Crippen LogP contribution in [-0.4, -0.2) is 31.2 Å². The van der Waals surface area contributed by atoms with Crippen LogP contribution in [0.3, 0.4) is 0 Å². The van der Waals surface area contributed by atoms with Gasteiger partial charge in [-0.1, -0.05) is 52.3 Å². The fourth-order valence-corrected chi connectivity index (χ4v) is 4.08. The number of hydrogen-bond acceptors (Lipinski definition) is 2. The molecule has 142 valence electrons. The van der Waals surface area contributed by atoms with E-state index in [-0.39, 0.29) is 16.3 Å². The minimum atomic E-state index is -4.73. The minimum absolute atomic E-state index is 0.0698. The molecule has 0 saturated heterocycles. The quantitative estimate of drug-likeness (QED) is 0.577. The van der Waals surface area contributed by atoms with E-state index >= 15 is 0 Å². The predicted molar refractivity (Wildman–Crippen MR) is 94.5 cm³/mol. The number of nitrogens with zero attached hydrogens (tertiary/aromatic N) is 1. The molecular weight excluding hydrogens is 438 g/mol. The topological polar surface area (TPSA) is 37.4 Å². The number of sulfonamides is 1. The Balaban J connectivity index is 2.22. The molecule has 2 aromatic carbocycles. The van der Waals surface area contributed by atoms with Crippen LogP contribution < -0.4 is 0 Å². The molecule has 0 amide bonds. The summed E-state index contributed by atoms with van der Waals surface area (Å²) < 4.78 is 78.1. The molecule has 0 aliphatic rings. The van der Waals surface area contributed by atoms with Gasteiger partial charge in [0.15, 0.2) is 0 Å². The average Bonchev–Trinajstić information content (AvgIpc) is 2.54. The van der Waals surface area contributed by atoms with E-state index in [1.54, 1.807) is 30.3 Å². The van der Waals surface area contributed by atoms with Crippen LogP contribution in [0.2, 0.25) is 0 Å². The van der Waals surface area contributed by atoms with Crippen molar-refractivity contribution >= 4 is 26.0 Å². The van der Waals surface area contributed by atoms with Gasteiger partial charge in [0.05, 0.1) is 5.75 Å². The van der Waals surface area contributed by atoms with Crippen molar-refractivity contribution in [3.63, 3.8) is 0 Å². The standard InChI is InChI=1S/C17H16BrF4NO2S/c18-15-7-6-14(16(19)10-15)11-23(12-17(20,21)22)26(24,25)9-8-13-4-2-1-3-5-13/h1-7,10H,8-9,11-12H2. The third kappa shape index (κ3) is 6.37. The van der Waals surface area contributed by atoms with Crippen molar-refractivity contribution < 1.29 is 26.0 Å². The van der Waals surface area contributed by atoms with Crippen molar-refractivity contribution in [1.29, 1.82) is 0 Å². The average molecular weight is 454 g/mol. The van der Waals surface area contributed by atoms with Crippen molar-refractivity contribution in [1.82, 2.24) is 4.31 Å². The zero-order valence-corrected chi connectivity index (χ0v) is 15.9. The van der Waals surface area contributed by atoms with Gasteiger partial charge in [0.1, 0.15) is 12.4 Å². The second kappa shape index (κ2) is 8.49. The Labute approximate surface area is 157 Å². The molecule has 0 radical (unpaired) electrons. The normalized spacial score (nSPS) is 12.5. The van der Waals surface area contributed by atoms with Crippen LogP contribution in [-0.2, 0) is 23.0 Å². The summed E-state index contributed by atoms with van der Waals surface area (Å²) in [7, 11) is -4.24. The van der Waals surface area contributed by atoms with E-state index in [1.165, 1.54) is 12.1 Å². The lowest BCUT2D eigenvalue weighted by Gasteiger charge is -2.24. The summed E-state index contributed by atoms with van der Waals surface area (Å²) in [6, 6.07) is 12.4. The van der Waals surface area contributed by atoms with Crippen LogP contribution in [0.25, 0.3) is 0 Å². The Bertz CT molecular complexity index is 842. The number of rotatable bonds is 7. The second-order valence-electron chi connectivity index (χ2n) is 5.67. The molecule has 2 aromatic rings. The van der Waals surface area contributed by atoms with E-state index in [0.717, 1.165) is 6.07 Å². The van der Waals surface area contributed by atoms with Gasteiger partial charge in [0.2, 0.25) is 10.0 Å². The molecule has 3 nitrogen and oxygen atoms in total. The van der Waals surface area contributed by atoms with Gasteiger partial charge in [-0.2, -0.15) is 17.5 Å². The van der Waals surface area contributed by atoms with Crippen LogP contribution in [0.4, 0.5) is 17.6 Å². The van der Waals surface area contributed by atoms with E-state index < -0.39 is 40.9 Å². The summed E-state index contributed by atoms with van der Waals surface area (Å²) in [5.74, 6) is -1.27. The lowest BCUT2D eigenvalue weighted by Crippen LogP contribution is -2.40. The third-order valence-corrected chi connectivity index (χ3v) is 5.86. The Morgan fingerprint density at radius 2 is 1.69 bits per heavy atom. The lowest BCUT2D eigenvalue weighted by molar-refractivity contribution is -0.137. The maximum Gasteiger partial charge on any atom is 0.402 e. The van der Waals surface area contributed by atoms with Gasteiger partial charge in [-0.05, 0) is 24.1 Å². The number of hydrogen-bond donors (Lipinski definition) is 0. The molecule has 0 N–H and O–H groups in total. The van der Waals surface area contributed by atoms with E-state index in [4.69, 9.17) is 0 Å². The Hall–Kier alpha value is -1.45. The van der Waals surface area contributed by atoms with Crippen LogP contribution in [0.1, 0.15) is 11.1 Å². The number of alkyl halides is 3. The zero-order valence-electron chi connectivity index (χ0n) is 13.5. The van der Waals surface area contributed by atoms with Crippen molar-refractivity contribution in [3.8, 4) is 0 Å². The van der Waals surface area contributed by atoms with Gasteiger partial charge in [0, 0.05) is 16.6 Å². The van der Waals surface area contributed by atoms with E-state index in [2.05, 4.69) is 15.9 Å². The highest BCUT2D eigenvalue weighted by Gasteiger charge is 2.36. The first kappa shape index (κ1) is 20.9. The zero-order chi connectivity index (χ0) is 19.4. The Morgan fingerprint density at radius 1 is 1.04 bits per heavy atom. The minimum Gasteiger partial charge on any atom is -0.212 e. The summed E-state index contributed by atoms with van der Waals surface area (Å²) in [4.78, 5) is 0. The SMILES string of the molecule is O=S(=O)(CCc1ccccc1)N(Cc1ccc(Br)cc1F)CC(F)(F)F. The maximum absolute atomic E-state index is 13.9. The van der Waals surface area contributed by atoms with Crippen LogP contribution in [0.15, 0.2) is 53.0 Å². The second-order valence-corrected chi connectivity index (χ2v) is 8.67. The summed E-state index contributed by atoms with van der Waals surface area (Å²) in [6.45, 7) is -2.35. The lowest BCUT2D eigenvalue weighted by atomic mass is 10.2. The van der Waals surface area contributed by atoms with E-state index in [1.807, 2.05) is 0 Å². The van der Waals surface area contributed by atoms with Crippen LogP contribution in [0, 0.1) is 5.82 Å². The fourth-order valence-electron chi connectivity index (χ4n) is 2.31. The molecule has 0 aliphatic carbocycles. The molecule has 0 heterocycles. The molecule has 0 atom stereocenters. The van der Waals surface area contributed by atoms with Gasteiger partial charge in [-0.3, -0.25) is 0 Å². The van der Waals surface area contributed by atoms with Crippen molar-refractivity contribution in [3.05, 3.63) is 69.9 Å². The van der Waals surface area contributed by atoms with E-state index in [0.29, 0.717) is 10.0 Å². The smallest absolute Gasteiger partial charge is 0.212 e. The molecule has 0 aliphatic heterocycles. The van der Waals surface area contributed by atoms with E-state index in [9.17, 15) is 26.0 Å². The molecule has 0 bridgehead atoms. The summed E-state index contributed by atoms with van der Waals surface area (Å²) in [5.41, 5.74) is 0.568. The van der Waals surface area contributed by atoms with Gasteiger partial charge in [-0.25, -0.2) is 12.8 Å². The first-order chi connectivity index (χ1) is 12.1.